The summed E-state index contributed by atoms with van der Waals surface area (Å²) in [5.41, 5.74) is -0.0897. The van der Waals surface area contributed by atoms with Crippen molar-refractivity contribution in [2.24, 2.45) is 0 Å². The van der Waals surface area contributed by atoms with Gasteiger partial charge in [0.25, 0.3) is 5.56 Å². The first-order valence-electron chi connectivity index (χ1n) is 13.7. The van der Waals surface area contributed by atoms with Gasteiger partial charge in [-0.15, -0.1) is 0 Å². The van der Waals surface area contributed by atoms with Crippen LogP contribution in [0.25, 0.3) is 11.2 Å². The maximum absolute atomic E-state index is 12.4. The smallest absolute Gasteiger partial charge is 0.280 e. The summed E-state index contributed by atoms with van der Waals surface area (Å²) in [7, 11) is 0. The number of nitrogens with zero attached hydrogens (tertiary/aromatic N) is 3. The molecule has 3 atom stereocenters. The van der Waals surface area contributed by atoms with Crippen molar-refractivity contribution < 1.29 is 19.7 Å². The Kier molecular flexibility index (Phi) is 11.8. The monoisotopic (exact) mass is 505 g/mol. The molecule has 1 aliphatic heterocycles. The van der Waals surface area contributed by atoms with Crippen molar-refractivity contribution in [1.29, 1.82) is 0 Å². The number of carbonyl (C=O) groups excluding carboxylic acids is 1. The van der Waals surface area contributed by atoms with Crippen LogP contribution >= 0.6 is 0 Å². The number of aromatic amines is 1. The molecular weight excluding hydrogens is 462 g/mol. The lowest BCUT2D eigenvalue weighted by Gasteiger charge is -2.13. The van der Waals surface area contributed by atoms with E-state index in [1.165, 1.54) is 70.5 Å². The fourth-order valence-corrected chi connectivity index (χ4v) is 4.74. The number of H-pyrrole nitrogens is 1. The largest absolute Gasteiger partial charge is 0.394 e. The predicted octanol–water partition coefficient (Wildman–Crippen LogP) is 4.18. The average molecular weight is 506 g/mol. The molecule has 36 heavy (non-hydrogen) atoms. The molecule has 1 aliphatic rings. The van der Waals surface area contributed by atoms with Crippen LogP contribution in [0.1, 0.15) is 109 Å². The number of carbonyl (C=O) groups is 1. The van der Waals surface area contributed by atoms with Crippen molar-refractivity contribution in [3.8, 4) is 0 Å². The highest BCUT2D eigenvalue weighted by atomic mass is 16.5. The first kappa shape index (κ1) is 28.3. The lowest BCUT2D eigenvalue weighted by atomic mass is 10.0. The van der Waals surface area contributed by atoms with Gasteiger partial charge < -0.3 is 14.9 Å². The van der Waals surface area contributed by atoms with Gasteiger partial charge in [-0.2, -0.15) is 4.98 Å². The number of anilines is 1. The molecule has 0 aliphatic carbocycles. The highest BCUT2D eigenvalue weighted by molar-refractivity contribution is 5.89. The van der Waals surface area contributed by atoms with E-state index in [2.05, 4.69) is 27.2 Å². The third-order valence-corrected chi connectivity index (χ3v) is 6.89. The third-order valence-electron chi connectivity index (χ3n) is 6.89. The molecule has 0 radical (unpaired) electrons. The Morgan fingerprint density at radius 2 is 1.69 bits per heavy atom. The number of aliphatic hydroxyl groups excluding tert-OH is 2. The number of aromatic nitrogens is 4. The fraction of sp³-hybridized carbons (Fsp3) is 0.769. The molecule has 2 aromatic rings. The Bertz CT molecular complexity index is 991. The molecule has 3 rings (SSSR count). The summed E-state index contributed by atoms with van der Waals surface area (Å²) in [6.45, 7) is 1.94. The molecule has 0 saturated carbocycles. The van der Waals surface area contributed by atoms with Crippen molar-refractivity contribution in [2.75, 3.05) is 11.9 Å². The van der Waals surface area contributed by atoms with Gasteiger partial charge in [0, 0.05) is 12.8 Å². The summed E-state index contributed by atoms with van der Waals surface area (Å²) in [5.74, 6) is -0.134. The topological polar surface area (TPSA) is 142 Å². The van der Waals surface area contributed by atoms with Crippen LogP contribution in [-0.4, -0.2) is 54.5 Å². The molecule has 0 unspecified atom stereocenters. The van der Waals surface area contributed by atoms with E-state index in [4.69, 9.17) is 4.74 Å². The molecular formula is C26H43N5O5. The van der Waals surface area contributed by atoms with Crippen LogP contribution < -0.4 is 10.9 Å². The van der Waals surface area contributed by atoms with E-state index in [1.54, 1.807) is 4.57 Å². The van der Waals surface area contributed by atoms with Crippen LogP contribution in [0.5, 0.6) is 0 Å². The molecule has 2 aromatic heterocycles. The molecule has 0 bridgehead atoms. The second-order valence-corrected chi connectivity index (χ2v) is 9.89. The molecule has 3 heterocycles. The maximum Gasteiger partial charge on any atom is 0.280 e. The average Bonchev–Trinajstić information content (AvgIpc) is 3.45. The summed E-state index contributed by atoms with van der Waals surface area (Å²) in [6.07, 6.45) is 16.1. The van der Waals surface area contributed by atoms with E-state index >= 15 is 0 Å². The summed E-state index contributed by atoms with van der Waals surface area (Å²) in [4.78, 5) is 35.8. The quantitative estimate of drug-likeness (QED) is 0.236. The van der Waals surface area contributed by atoms with Gasteiger partial charge in [0.15, 0.2) is 11.2 Å². The number of hydrogen-bond donors (Lipinski definition) is 4. The van der Waals surface area contributed by atoms with E-state index < -0.39 is 24.0 Å². The van der Waals surface area contributed by atoms with E-state index in [1.807, 2.05) is 0 Å². The van der Waals surface area contributed by atoms with Crippen LogP contribution in [0.2, 0.25) is 0 Å². The van der Waals surface area contributed by atoms with Gasteiger partial charge in [0.1, 0.15) is 12.3 Å². The van der Waals surface area contributed by atoms with Crippen molar-refractivity contribution in [2.45, 2.75) is 122 Å². The summed E-state index contributed by atoms with van der Waals surface area (Å²) in [5, 5.41) is 22.0. The predicted molar refractivity (Wildman–Crippen MR) is 139 cm³/mol. The maximum atomic E-state index is 12.4. The van der Waals surface area contributed by atoms with Crippen molar-refractivity contribution >= 4 is 23.0 Å². The Balaban J connectivity index is 1.35. The number of aliphatic hydroxyl groups is 2. The summed E-state index contributed by atoms with van der Waals surface area (Å²) in [6, 6.07) is 0. The van der Waals surface area contributed by atoms with Crippen LogP contribution in [-0.2, 0) is 9.53 Å². The zero-order valence-electron chi connectivity index (χ0n) is 21.6. The molecule has 1 amide bonds. The van der Waals surface area contributed by atoms with Crippen LogP contribution in [0, 0.1) is 0 Å². The minimum Gasteiger partial charge on any atom is -0.394 e. The number of amides is 1. The van der Waals surface area contributed by atoms with E-state index in [0.29, 0.717) is 6.42 Å². The van der Waals surface area contributed by atoms with Gasteiger partial charge >= 0.3 is 0 Å². The minimum atomic E-state index is -0.820. The SMILES string of the molecule is CCCCCCCCCCCCCCCC(=O)Nc1nc2c(ncn2[C@H]2C[C@H](O)[C@@H](CO)O2)c(=O)[nH]1. The molecule has 10 nitrogen and oxygen atoms in total. The van der Waals surface area contributed by atoms with E-state index in [-0.39, 0.29) is 36.0 Å². The zero-order valence-corrected chi connectivity index (χ0v) is 21.6. The van der Waals surface area contributed by atoms with Gasteiger partial charge in [0.2, 0.25) is 11.9 Å². The van der Waals surface area contributed by atoms with Crippen molar-refractivity contribution in [3.05, 3.63) is 16.7 Å². The lowest BCUT2D eigenvalue weighted by Crippen LogP contribution is -2.24. The summed E-state index contributed by atoms with van der Waals surface area (Å²) >= 11 is 0. The lowest BCUT2D eigenvalue weighted by molar-refractivity contribution is -0.116. The number of ether oxygens (including phenoxy) is 1. The summed E-state index contributed by atoms with van der Waals surface area (Å²) < 4.78 is 7.20. The second kappa shape index (κ2) is 15.1. The van der Waals surface area contributed by atoms with Crippen LogP contribution in [0.4, 0.5) is 5.95 Å². The van der Waals surface area contributed by atoms with Gasteiger partial charge in [-0.3, -0.25) is 24.5 Å². The molecule has 4 N–H and O–H groups in total. The minimum absolute atomic E-state index is 0.0613. The van der Waals surface area contributed by atoms with Gasteiger partial charge in [-0.25, -0.2) is 4.98 Å². The Hall–Kier alpha value is -2.30. The zero-order chi connectivity index (χ0) is 25.8. The number of imidazole rings is 1. The Morgan fingerprint density at radius 3 is 2.28 bits per heavy atom. The molecule has 0 spiro atoms. The van der Waals surface area contributed by atoms with Gasteiger partial charge in [-0.1, -0.05) is 84.0 Å². The van der Waals surface area contributed by atoms with Gasteiger partial charge in [0.05, 0.1) is 19.0 Å². The van der Waals surface area contributed by atoms with Gasteiger partial charge in [-0.05, 0) is 6.42 Å². The first-order chi connectivity index (χ1) is 17.5. The molecule has 1 saturated heterocycles. The van der Waals surface area contributed by atoms with E-state index in [9.17, 15) is 19.8 Å². The van der Waals surface area contributed by atoms with Crippen LogP contribution in [0.3, 0.4) is 0 Å². The Morgan fingerprint density at radius 1 is 1.08 bits per heavy atom. The standard InChI is InChI=1S/C26H43N5O5/c1-2-3-4-5-6-7-8-9-10-11-12-13-14-15-21(34)28-26-29-24-23(25(35)30-26)27-18-31(24)22-16-19(33)20(17-32)36-22/h18-20,22,32-33H,2-17H2,1H3,(H2,28,29,30,34,35)/t19-,20+,22+/m0/s1. The highest BCUT2D eigenvalue weighted by Gasteiger charge is 2.35. The number of fused-ring (bicyclic) bond motifs is 1. The molecule has 1 fully saturated rings. The Labute approximate surface area is 212 Å². The molecule has 0 aromatic carbocycles. The molecule has 202 valence electrons. The van der Waals surface area contributed by atoms with E-state index in [0.717, 1.165) is 19.3 Å². The first-order valence-corrected chi connectivity index (χ1v) is 13.7. The number of hydrogen-bond acceptors (Lipinski definition) is 7. The number of nitrogens with one attached hydrogen (secondary N) is 2. The van der Waals surface area contributed by atoms with Crippen molar-refractivity contribution in [1.82, 2.24) is 19.5 Å². The number of rotatable bonds is 17. The van der Waals surface area contributed by atoms with Crippen molar-refractivity contribution in [3.63, 3.8) is 0 Å². The third kappa shape index (κ3) is 8.38. The fourth-order valence-electron chi connectivity index (χ4n) is 4.74. The highest BCUT2D eigenvalue weighted by Crippen LogP contribution is 2.30. The van der Waals surface area contributed by atoms with Crippen LogP contribution in [0.15, 0.2) is 11.1 Å². The number of unbranched alkanes of at least 4 members (excludes halogenated alkanes) is 12. The normalized spacial score (nSPS) is 19.8. The molecule has 10 heteroatoms. The second-order valence-electron chi connectivity index (χ2n) is 9.89.